The number of hydrogen-bond acceptors (Lipinski definition) is 3. The van der Waals surface area contributed by atoms with Crippen molar-refractivity contribution in [3.8, 4) is 11.1 Å². The van der Waals surface area contributed by atoms with Gasteiger partial charge in [-0.1, -0.05) is 23.8 Å². The maximum absolute atomic E-state index is 11.0. The number of aromatic nitrogens is 1. The summed E-state index contributed by atoms with van der Waals surface area (Å²) in [5.74, 6) is -1.03. The second-order valence-electron chi connectivity index (χ2n) is 4.28. The molecule has 2 aromatic rings. The Labute approximate surface area is 105 Å². The van der Waals surface area contributed by atoms with Crippen LogP contribution in [0.2, 0.25) is 0 Å². The molecule has 1 aromatic carbocycles. The van der Waals surface area contributed by atoms with E-state index in [4.69, 9.17) is 10.8 Å². The molecule has 0 aliphatic carbocycles. The highest BCUT2D eigenvalue weighted by Crippen LogP contribution is 2.25. The van der Waals surface area contributed by atoms with E-state index in [-0.39, 0.29) is 11.4 Å². The van der Waals surface area contributed by atoms with E-state index in [1.807, 2.05) is 32.0 Å². The number of carboxylic acid groups (broad SMARTS) is 1. The van der Waals surface area contributed by atoms with Gasteiger partial charge in [-0.25, -0.2) is 9.78 Å². The van der Waals surface area contributed by atoms with Crippen LogP contribution in [-0.4, -0.2) is 16.1 Å². The van der Waals surface area contributed by atoms with Gasteiger partial charge >= 0.3 is 5.97 Å². The molecular formula is C14H14N2O2. The van der Waals surface area contributed by atoms with E-state index < -0.39 is 5.97 Å². The number of nitrogens with two attached hydrogens (primary N) is 1. The van der Waals surface area contributed by atoms with Gasteiger partial charge in [0.05, 0.1) is 0 Å². The van der Waals surface area contributed by atoms with E-state index in [1.165, 1.54) is 0 Å². The molecule has 0 atom stereocenters. The van der Waals surface area contributed by atoms with Crippen LogP contribution in [-0.2, 0) is 0 Å². The predicted octanol–water partition coefficient (Wildman–Crippen LogP) is 2.65. The number of anilines is 1. The van der Waals surface area contributed by atoms with Crippen molar-refractivity contribution in [1.82, 2.24) is 4.98 Å². The first-order valence-electron chi connectivity index (χ1n) is 5.55. The van der Waals surface area contributed by atoms with Crippen molar-refractivity contribution in [3.05, 3.63) is 47.2 Å². The van der Waals surface area contributed by atoms with Crippen molar-refractivity contribution in [2.75, 3.05) is 5.73 Å². The lowest BCUT2D eigenvalue weighted by atomic mass is 9.99. The fraction of sp³-hybridized carbons (Fsp3) is 0.143. The molecule has 1 heterocycles. The van der Waals surface area contributed by atoms with Crippen molar-refractivity contribution >= 4 is 11.8 Å². The van der Waals surface area contributed by atoms with E-state index >= 15 is 0 Å². The minimum absolute atomic E-state index is 0.0347. The van der Waals surface area contributed by atoms with Gasteiger partial charge in [0.2, 0.25) is 0 Å². The molecule has 0 saturated heterocycles. The van der Waals surface area contributed by atoms with Gasteiger partial charge in [0.15, 0.2) is 0 Å². The van der Waals surface area contributed by atoms with Crippen LogP contribution in [0.3, 0.4) is 0 Å². The van der Waals surface area contributed by atoms with Crippen LogP contribution >= 0.6 is 0 Å². The topological polar surface area (TPSA) is 76.2 Å². The van der Waals surface area contributed by atoms with E-state index in [9.17, 15) is 4.79 Å². The molecule has 0 spiro atoms. The van der Waals surface area contributed by atoms with Crippen LogP contribution in [0.25, 0.3) is 11.1 Å². The summed E-state index contributed by atoms with van der Waals surface area (Å²) in [6.45, 7) is 4.00. The first-order chi connectivity index (χ1) is 8.49. The molecular weight excluding hydrogens is 228 g/mol. The second kappa shape index (κ2) is 4.49. The van der Waals surface area contributed by atoms with Crippen LogP contribution in [0.1, 0.15) is 21.5 Å². The fourth-order valence-electron chi connectivity index (χ4n) is 1.93. The van der Waals surface area contributed by atoms with Gasteiger partial charge in [0.1, 0.15) is 11.4 Å². The lowest BCUT2D eigenvalue weighted by Gasteiger charge is -2.08. The lowest BCUT2D eigenvalue weighted by Crippen LogP contribution is -2.04. The van der Waals surface area contributed by atoms with Gasteiger partial charge in [-0.15, -0.1) is 0 Å². The molecule has 0 amide bonds. The number of aryl methyl sites for hydroxylation is 2. The van der Waals surface area contributed by atoms with Crippen molar-refractivity contribution in [3.63, 3.8) is 0 Å². The Kier molecular flexibility index (Phi) is 3.02. The summed E-state index contributed by atoms with van der Waals surface area (Å²) in [7, 11) is 0. The minimum atomic E-state index is -1.06. The van der Waals surface area contributed by atoms with Crippen LogP contribution in [0, 0.1) is 13.8 Å². The molecule has 0 bridgehead atoms. The monoisotopic (exact) mass is 242 g/mol. The number of nitrogen functional groups attached to an aromatic ring is 1. The molecule has 0 aliphatic heterocycles. The lowest BCUT2D eigenvalue weighted by molar-refractivity contribution is 0.0697. The number of hydrogen-bond donors (Lipinski definition) is 2. The summed E-state index contributed by atoms with van der Waals surface area (Å²) >= 11 is 0. The fourth-order valence-corrected chi connectivity index (χ4v) is 1.93. The minimum Gasteiger partial charge on any atom is -0.478 e. The standard InChI is InChI=1S/C14H14N2O2/c1-8-3-4-11(9(2)5-8)10-6-12(14(17)18)13(15)16-7-10/h3-7H,1-2H3,(H2,15,16)(H,17,18). The molecule has 3 N–H and O–H groups in total. The van der Waals surface area contributed by atoms with E-state index in [0.29, 0.717) is 0 Å². The van der Waals surface area contributed by atoms with Crippen molar-refractivity contribution < 1.29 is 9.90 Å². The molecule has 4 heteroatoms. The Morgan fingerprint density at radius 1 is 1.28 bits per heavy atom. The van der Waals surface area contributed by atoms with E-state index in [0.717, 1.165) is 22.3 Å². The Hall–Kier alpha value is -2.36. The normalized spacial score (nSPS) is 10.3. The summed E-state index contributed by atoms with van der Waals surface area (Å²) in [6, 6.07) is 7.55. The van der Waals surface area contributed by atoms with Gasteiger partial charge < -0.3 is 10.8 Å². The highest BCUT2D eigenvalue weighted by molar-refractivity contribution is 5.94. The molecule has 0 unspecified atom stereocenters. The Morgan fingerprint density at radius 2 is 2.00 bits per heavy atom. The van der Waals surface area contributed by atoms with Crippen LogP contribution in [0.5, 0.6) is 0 Å². The third-order valence-electron chi connectivity index (χ3n) is 2.84. The zero-order valence-corrected chi connectivity index (χ0v) is 10.3. The van der Waals surface area contributed by atoms with Crippen molar-refractivity contribution in [1.29, 1.82) is 0 Å². The van der Waals surface area contributed by atoms with Crippen LogP contribution in [0.15, 0.2) is 30.5 Å². The highest BCUT2D eigenvalue weighted by Gasteiger charge is 2.11. The smallest absolute Gasteiger partial charge is 0.339 e. The molecule has 0 saturated carbocycles. The summed E-state index contributed by atoms with van der Waals surface area (Å²) in [4.78, 5) is 15.0. The van der Waals surface area contributed by atoms with Gasteiger partial charge in [0.25, 0.3) is 0 Å². The number of pyridine rings is 1. The zero-order chi connectivity index (χ0) is 13.3. The average Bonchev–Trinajstić information content (AvgIpc) is 2.30. The maximum atomic E-state index is 11.0. The van der Waals surface area contributed by atoms with Gasteiger partial charge in [0, 0.05) is 11.8 Å². The van der Waals surface area contributed by atoms with Crippen LogP contribution < -0.4 is 5.73 Å². The number of nitrogens with zero attached hydrogens (tertiary/aromatic N) is 1. The predicted molar refractivity (Wildman–Crippen MR) is 70.5 cm³/mol. The third kappa shape index (κ3) is 2.18. The van der Waals surface area contributed by atoms with Gasteiger partial charge in [-0.3, -0.25) is 0 Å². The summed E-state index contributed by atoms with van der Waals surface area (Å²) in [5.41, 5.74) is 9.55. The number of benzene rings is 1. The molecule has 0 aliphatic rings. The molecule has 0 fully saturated rings. The molecule has 0 radical (unpaired) electrons. The highest BCUT2D eigenvalue weighted by atomic mass is 16.4. The Balaban J connectivity index is 2.58. The van der Waals surface area contributed by atoms with Crippen molar-refractivity contribution in [2.45, 2.75) is 13.8 Å². The second-order valence-corrected chi connectivity index (χ2v) is 4.28. The largest absolute Gasteiger partial charge is 0.478 e. The average molecular weight is 242 g/mol. The van der Waals surface area contributed by atoms with Crippen molar-refractivity contribution in [2.24, 2.45) is 0 Å². The number of carbonyl (C=O) groups is 1. The first kappa shape index (κ1) is 12.1. The zero-order valence-electron chi connectivity index (χ0n) is 10.3. The van der Waals surface area contributed by atoms with Gasteiger partial charge in [-0.2, -0.15) is 0 Å². The van der Waals surface area contributed by atoms with Crippen LogP contribution in [0.4, 0.5) is 5.82 Å². The van der Waals surface area contributed by atoms with Gasteiger partial charge in [-0.05, 0) is 31.0 Å². The number of rotatable bonds is 2. The molecule has 92 valence electrons. The Morgan fingerprint density at radius 3 is 2.61 bits per heavy atom. The maximum Gasteiger partial charge on any atom is 0.339 e. The summed E-state index contributed by atoms with van der Waals surface area (Å²) in [6.07, 6.45) is 1.60. The Bertz CT molecular complexity index is 621. The van der Waals surface area contributed by atoms with E-state index in [2.05, 4.69) is 4.98 Å². The molecule has 1 aromatic heterocycles. The summed E-state index contributed by atoms with van der Waals surface area (Å²) in [5, 5.41) is 9.03. The molecule has 4 nitrogen and oxygen atoms in total. The number of aromatic carboxylic acids is 1. The SMILES string of the molecule is Cc1ccc(-c2cnc(N)c(C(=O)O)c2)c(C)c1. The molecule has 2 rings (SSSR count). The quantitative estimate of drug-likeness (QED) is 0.848. The third-order valence-corrected chi connectivity index (χ3v) is 2.84. The summed E-state index contributed by atoms with van der Waals surface area (Å²) < 4.78 is 0. The first-order valence-corrected chi connectivity index (χ1v) is 5.55. The van der Waals surface area contributed by atoms with E-state index in [1.54, 1.807) is 12.3 Å². The molecule has 18 heavy (non-hydrogen) atoms. The number of carboxylic acids is 1.